The molecule has 0 N–H and O–H groups in total. The summed E-state index contributed by atoms with van der Waals surface area (Å²) >= 11 is 5.90. The molecule has 122 valence electrons. The van der Waals surface area contributed by atoms with Gasteiger partial charge in [-0.1, -0.05) is 19.3 Å². The van der Waals surface area contributed by atoms with E-state index in [1.165, 1.54) is 32.1 Å². The van der Waals surface area contributed by atoms with Crippen LogP contribution in [0.25, 0.3) is 0 Å². The molecule has 5 heteroatoms. The SMILES string of the molecule is CO[C@@H]1C[C@H](OCC2CCCCC2)[C@H]2COC1(CCCl)O2. The second-order valence-electron chi connectivity index (χ2n) is 6.55. The molecular weight excluding hydrogens is 292 g/mol. The molecule has 2 aliphatic heterocycles. The van der Waals surface area contributed by atoms with Crippen LogP contribution in [0, 0.1) is 5.92 Å². The van der Waals surface area contributed by atoms with Gasteiger partial charge in [-0.2, -0.15) is 0 Å². The molecular formula is C16H27ClO4. The van der Waals surface area contributed by atoms with Gasteiger partial charge >= 0.3 is 0 Å². The van der Waals surface area contributed by atoms with E-state index >= 15 is 0 Å². The van der Waals surface area contributed by atoms with E-state index in [1.54, 1.807) is 7.11 Å². The average molecular weight is 319 g/mol. The molecule has 2 heterocycles. The molecule has 0 radical (unpaired) electrons. The van der Waals surface area contributed by atoms with Gasteiger partial charge in [-0.15, -0.1) is 11.6 Å². The Morgan fingerprint density at radius 3 is 2.76 bits per heavy atom. The zero-order valence-electron chi connectivity index (χ0n) is 12.9. The van der Waals surface area contributed by atoms with E-state index in [0.29, 0.717) is 18.9 Å². The summed E-state index contributed by atoms with van der Waals surface area (Å²) in [5.41, 5.74) is 0. The Morgan fingerprint density at radius 2 is 2.05 bits per heavy atom. The smallest absolute Gasteiger partial charge is 0.196 e. The molecule has 3 aliphatic rings. The van der Waals surface area contributed by atoms with E-state index in [2.05, 4.69) is 0 Å². The van der Waals surface area contributed by atoms with Gasteiger partial charge in [0.25, 0.3) is 0 Å². The van der Waals surface area contributed by atoms with Crippen molar-refractivity contribution in [2.45, 2.75) is 69.0 Å². The largest absolute Gasteiger partial charge is 0.376 e. The van der Waals surface area contributed by atoms with Gasteiger partial charge in [0, 0.05) is 32.4 Å². The van der Waals surface area contributed by atoms with Crippen LogP contribution in [0.5, 0.6) is 0 Å². The quantitative estimate of drug-likeness (QED) is 0.705. The number of halogens is 1. The van der Waals surface area contributed by atoms with Crippen LogP contribution in [0.1, 0.15) is 44.9 Å². The molecule has 0 aromatic heterocycles. The molecule has 3 rings (SSSR count). The van der Waals surface area contributed by atoms with Gasteiger partial charge in [0.2, 0.25) is 0 Å². The number of hydrogen-bond acceptors (Lipinski definition) is 4. The first-order valence-corrected chi connectivity index (χ1v) is 8.83. The highest BCUT2D eigenvalue weighted by Gasteiger charge is 2.55. The fourth-order valence-electron chi connectivity index (χ4n) is 3.93. The lowest BCUT2D eigenvalue weighted by Crippen LogP contribution is -2.53. The van der Waals surface area contributed by atoms with Crippen molar-refractivity contribution in [2.24, 2.45) is 5.92 Å². The lowest BCUT2D eigenvalue weighted by Gasteiger charge is -2.41. The Morgan fingerprint density at radius 1 is 1.24 bits per heavy atom. The maximum absolute atomic E-state index is 6.19. The molecule has 21 heavy (non-hydrogen) atoms. The topological polar surface area (TPSA) is 36.9 Å². The van der Waals surface area contributed by atoms with Crippen LogP contribution in [-0.2, 0) is 18.9 Å². The maximum atomic E-state index is 6.19. The van der Waals surface area contributed by atoms with Gasteiger partial charge in [-0.3, -0.25) is 0 Å². The van der Waals surface area contributed by atoms with Crippen molar-refractivity contribution in [2.75, 3.05) is 26.2 Å². The van der Waals surface area contributed by atoms with Crippen LogP contribution >= 0.6 is 11.6 Å². The first kappa shape index (κ1) is 16.0. The number of fused-ring (bicyclic) bond motifs is 2. The molecule has 2 saturated heterocycles. The van der Waals surface area contributed by atoms with Crippen LogP contribution in [0.2, 0.25) is 0 Å². The average Bonchev–Trinajstić information content (AvgIpc) is 2.88. The Labute approximate surface area is 132 Å². The van der Waals surface area contributed by atoms with Crippen LogP contribution in [-0.4, -0.2) is 50.3 Å². The van der Waals surface area contributed by atoms with Gasteiger partial charge in [0.05, 0.1) is 12.7 Å². The van der Waals surface area contributed by atoms with E-state index < -0.39 is 5.79 Å². The van der Waals surface area contributed by atoms with E-state index in [-0.39, 0.29) is 18.3 Å². The zero-order valence-corrected chi connectivity index (χ0v) is 13.6. The monoisotopic (exact) mass is 318 g/mol. The summed E-state index contributed by atoms with van der Waals surface area (Å²) in [5.74, 6) is 0.586. The third-order valence-electron chi connectivity index (χ3n) is 5.19. The predicted molar refractivity (Wildman–Crippen MR) is 80.6 cm³/mol. The van der Waals surface area contributed by atoms with Crippen LogP contribution in [0.15, 0.2) is 0 Å². The summed E-state index contributed by atoms with van der Waals surface area (Å²) in [6.45, 7) is 1.44. The number of alkyl halides is 1. The van der Waals surface area contributed by atoms with Crippen LogP contribution in [0.4, 0.5) is 0 Å². The highest BCUT2D eigenvalue weighted by molar-refractivity contribution is 6.17. The molecule has 2 bridgehead atoms. The first-order valence-electron chi connectivity index (χ1n) is 8.29. The summed E-state index contributed by atoms with van der Waals surface area (Å²) in [7, 11) is 1.71. The van der Waals surface area contributed by atoms with Gasteiger partial charge in [-0.25, -0.2) is 0 Å². The minimum Gasteiger partial charge on any atom is -0.376 e. The Bertz CT molecular complexity index is 334. The number of methoxy groups -OCH3 is 1. The predicted octanol–water partition coefficient (Wildman–Crippen LogP) is 3.11. The first-order chi connectivity index (χ1) is 10.3. The molecule has 1 saturated carbocycles. The molecule has 4 nitrogen and oxygen atoms in total. The van der Waals surface area contributed by atoms with E-state index in [1.807, 2.05) is 0 Å². The van der Waals surface area contributed by atoms with Crippen molar-refractivity contribution < 1.29 is 18.9 Å². The summed E-state index contributed by atoms with van der Waals surface area (Å²) < 4.78 is 23.8. The van der Waals surface area contributed by atoms with Crippen molar-refractivity contribution in [3.63, 3.8) is 0 Å². The minimum atomic E-state index is -0.647. The third-order valence-corrected chi connectivity index (χ3v) is 5.38. The second kappa shape index (κ2) is 7.14. The zero-order chi connectivity index (χ0) is 14.7. The molecule has 1 unspecified atom stereocenters. The summed E-state index contributed by atoms with van der Waals surface area (Å²) in [6, 6.07) is 0. The Kier molecular flexibility index (Phi) is 5.44. The molecule has 3 fully saturated rings. The Hall–Kier alpha value is 0.130. The van der Waals surface area contributed by atoms with Gasteiger partial charge in [0.1, 0.15) is 12.2 Å². The summed E-state index contributed by atoms with van der Waals surface area (Å²) in [5, 5.41) is 0. The fourth-order valence-corrected chi connectivity index (χ4v) is 4.19. The van der Waals surface area contributed by atoms with Crippen LogP contribution < -0.4 is 0 Å². The number of hydrogen-bond donors (Lipinski definition) is 0. The molecule has 4 atom stereocenters. The second-order valence-corrected chi connectivity index (χ2v) is 6.93. The fraction of sp³-hybridized carbons (Fsp3) is 1.00. The van der Waals surface area contributed by atoms with Crippen molar-refractivity contribution in [3.05, 3.63) is 0 Å². The Balaban J connectivity index is 1.55. The van der Waals surface area contributed by atoms with Crippen molar-refractivity contribution in [3.8, 4) is 0 Å². The minimum absolute atomic E-state index is 0.0307. The normalized spacial score (nSPS) is 40.6. The number of ether oxygens (including phenoxy) is 4. The summed E-state index contributed by atoms with van der Waals surface area (Å²) in [4.78, 5) is 0. The molecule has 0 amide bonds. The van der Waals surface area contributed by atoms with Crippen LogP contribution in [0.3, 0.4) is 0 Å². The maximum Gasteiger partial charge on any atom is 0.196 e. The standard InChI is InChI=1S/C16H27ClO4/c1-18-15-9-13(19-10-12-5-3-2-4-6-12)14-11-20-16(15,21-14)7-8-17/h12-15H,2-11H2,1H3/t13-,14+,15+,16?/m0/s1. The molecule has 1 aliphatic carbocycles. The summed E-state index contributed by atoms with van der Waals surface area (Å²) in [6.07, 6.45) is 8.22. The van der Waals surface area contributed by atoms with Gasteiger partial charge < -0.3 is 18.9 Å². The van der Waals surface area contributed by atoms with Gasteiger partial charge in [-0.05, 0) is 18.8 Å². The number of rotatable bonds is 6. The van der Waals surface area contributed by atoms with Crippen molar-refractivity contribution in [1.29, 1.82) is 0 Å². The van der Waals surface area contributed by atoms with Crippen molar-refractivity contribution >= 4 is 11.6 Å². The van der Waals surface area contributed by atoms with E-state index in [0.717, 1.165) is 18.9 Å². The highest BCUT2D eigenvalue weighted by Crippen LogP contribution is 2.42. The lowest BCUT2D eigenvalue weighted by atomic mass is 9.90. The van der Waals surface area contributed by atoms with E-state index in [4.69, 9.17) is 30.5 Å². The molecule has 0 aromatic rings. The van der Waals surface area contributed by atoms with Crippen molar-refractivity contribution in [1.82, 2.24) is 0 Å². The third kappa shape index (κ3) is 3.40. The van der Waals surface area contributed by atoms with E-state index in [9.17, 15) is 0 Å². The highest BCUT2D eigenvalue weighted by atomic mass is 35.5. The lowest BCUT2D eigenvalue weighted by molar-refractivity contribution is -0.274. The van der Waals surface area contributed by atoms with Gasteiger partial charge in [0.15, 0.2) is 5.79 Å². The molecule has 0 spiro atoms. The molecule has 0 aromatic carbocycles.